The highest BCUT2D eigenvalue weighted by Gasteiger charge is 2.16. The summed E-state index contributed by atoms with van der Waals surface area (Å²) in [5.74, 6) is -0.286. The van der Waals surface area contributed by atoms with Crippen LogP contribution in [0.25, 0.3) is 16.9 Å². The van der Waals surface area contributed by atoms with Crippen LogP contribution >= 0.6 is 0 Å². The molecule has 0 bridgehead atoms. The molecule has 28 heavy (non-hydrogen) atoms. The molecule has 3 rings (SSSR count). The molecule has 0 aliphatic rings. The molecule has 2 heterocycles. The Bertz CT molecular complexity index is 1080. The van der Waals surface area contributed by atoms with Crippen molar-refractivity contribution in [3.05, 3.63) is 50.9 Å². The van der Waals surface area contributed by atoms with E-state index in [1.165, 1.54) is 35.9 Å². The molecule has 11 heteroatoms. The summed E-state index contributed by atoms with van der Waals surface area (Å²) in [6, 6.07) is 5.24. The van der Waals surface area contributed by atoms with Crippen molar-refractivity contribution < 1.29 is 9.50 Å². The van der Waals surface area contributed by atoms with Crippen LogP contribution in [0.5, 0.6) is 0 Å². The number of rotatable bonds is 8. The topological polar surface area (TPSA) is 127 Å². The fourth-order valence-electron chi connectivity index (χ4n) is 2.62. The van der Waals surface area contributed by atoms with E-state index < -0.39 is 17.1 Å². The number of aliphatic hydroxyl groups is 1. The van der Waals surface area contributed by atoms with Crippen LogP contribution in [-0.4, -0.2) is 55.7 Å². The Kier molecular flexibility index (Phi) is 6.06. The molecule has 0 unspecified atom stereocenters. The number of halogens is 1. The smallest absolute Gasteiger partial charge is 0.337 e. The Labute approximate surface area is 158 Å². The first-order valence-corrected chi connectivity index (χ1v) is 8.71. The highest BCUT2D eigenvalue weighted by molar-refractivity contribution is 5.71. The molecule has 148 valence electrons. The van der Waals surface area contributed by atoms with E-state index in [9.17, 15) is 14.0 Å². The number of nitrogens with one attached hydrogen (secondary N) is 2. The lowest BCUT2D eigenvalue weighted by atomic mass is 10.3. The highest BCUT2D eigenvalue weighted by atomic mass is 19.1. The average Bonchev–Trinajstić information content (AvgIpc) is 2.70. The SMILES string of the molecule is Cn1c(=O)c2nc(NCCCNCCO)nnc2n(-c2ccc(F)cc2)c1=O. The molecular weight excluding hydrogens is 369 g/mol. The zero-order valence-corrected chi connectivity index (χ0v) is 15.2. The van der Waals surface area contributed by atoms with Crippen LogP contribution in [0.1, 0.15) is 6.42 Å². The maximum Gasteiger partial charge on any atom is 0.337 e. The van der Waals surface area contributed by atoms with E-state index in [1.54, 1.807) is 0 Å². The number of benzene rings is 1. The maximum absolute atomic E-state index is 13.2. The predicted molar refractivity (Wildman–Crippen MR) is 101 cm³/mol. The Morgan fingerprint density at radius 1 is 1.11 bits per heavy atom. The van der Waals surface area contributed by atoms with Crippen molar-refractivity contribution in [2.45, 2.75) is 6.42 Å². The van der Waals surface area contributed by atoms with Gasteiger partial charge in [0.1, 0.15) is 5.82 Å². The quantitative estimate of drug-likeness (QED) is 0.436. The van der Waals surface area contributed by atoms with Crippen molar-refractivity contribution in [1.29, 1.82) is 0 Å². The van der Waals surface area contributed by atoms with E-state index in [2.05, 4.69) is 25.8 Å². The number of hydrogen-bond donors (Lipinski definition) is 3. The Balaban J connectivity index is 1.94. The second-order valence-electron chi connectivity index (χ2n) is 6.02. The minimum absolute atomic E-state index is 0.00475. The lowest BCUT2D eigenvalue weighted by Gasteiger charge is -2.11. The maximum atomic E-state index is 13.2. The van der Waals surface area contributed by atoms with Gasteiger partial charge in [-0.1, -0.05) is 0 Å². The van der Waals surface area contributed by atoms with Gasteiger partial charge >= 0.3 is 5.69 Å². The summed E-state index contributed by atoms with van der Waals surface area (Å²) in [5, 5.41) is 22.7. The Morgan fingerprint density at radius 3 is 2.57 bits per heavy atom. The van der Waals surface area contributed by atoms with Gasteiger partial charge in [-0.2, -0.15) is 0 Å². The zero-order chi connectivity index (χ0) is 20.1. The summed E-state index contributed by atoms with van der Waals surface area (Å²) >= 11 is 0. The summed E-state index contributed by atoms with van der Waals surface area (Å²) in [5.41, 5.74) is -0.909. The Morgan fingerprint density at radius 2 is 1.86 bits per heavy atom. The molecule has 10 nitrogen and oxygen atoms in total. The number of anilines is 1. The van der Waals surface area contributed by atoms with Gasteiger partial charge in [0.25, 0.3) is 5.56 Å². The van der Waals surface area contributed by atoms with E-state index in [4.69, 9.17) is 5.11 Å². The first kappa shape index (κ1) is 19.6. The molecule has 1 aromatic carbocycles. The van der Waals surface area contributed by atoms with Gasteiger partial charge in [-0.25, -0.2) is 18.7 Å². The summed E-state index contributed by atoms with van der Waals surface area (Å²) in [7, 11) is 1.34. The van der Waals surface area contributed by atoms with Crippen molar-refractivity contribution in [3.63, 3.8) is 0 Å². The number of aliphatic hydroxyl groups excluding tert-OH is 1. The predicted octanol–water partition coefficient (Wildman–Crippen LogP) is -0.603. The summed E-state index contributed by atoms with van der Waals surface area (Å²) in [6.07, 6.45) is 0.745. The molecule has 0 aliphatic carbocycles. The fourth-order valence-corrected chi connectivity index (χ4v) is 2.62. The third-order valence-electron chi connectivity index (χ3n) is 4.05. The lowest BCUT2D eigenvalue weighted by Crippen LogP contribution is -2.38. The van der Waals surface area contributed by atoms with Gasteiger partial charge in [-0.15, -0.1) is 10.2 Å². The van der Waals surface area contributed by atoms with E-state index in [-0.39, 0.29) is 23.7 Å². The summed E-state index contributed by atoms with van der Waals surface area (Å²) in [6.45, 7) is 1.82. The minimum atomic E-state index is -0.629. The van der Waals surface area contributed by atoms with Crippen molar-refractivity contribution in [2.75, 3.05) is 31.6 Å². The van der Waals surface area contributed by atoms with Gasteiger partial charge < -0.3 is 15.7 Å². The molecular formula is C17H20FN7O3. The third kappa shape index (κ3) is 4.05. The fraction of sp³-hybridized carbons (Fsp3) is 0.353. The normalized spacial score (nSPS) is 11.1. The van der Waals surface area contributed by atoms with Crippen molar-refractivity contribution in [2.24, 2.45) is 7.05 Å². The monoisotopic (exact) mass is 389 g/mol. The van der Waals surface area contributed by atoms with Gasteiger partial charge in [0.15, 0.2) is 11.2 Å². The van der Waals surface area contributed by atoms with Crippen LogP contribution in [-0.2, 0) is 7.05 Å². The zero-order valence-electron chi connectivity index (χ0n) is 15.2. The van der Waals surface area contributed by atoms with Crippen LogP contribution in [0.15, 0.2) is 33.9 Å². The van der Waals surface area contributed by atoms with Crippen molar-refractivity contribution in [1.82, 2.24) is 29.6 Å². The largest absolute Gasteiger partial charge is 0.395 e. The Hall–Kier alpha value is -3.18. The standard InChI is InChI=1S/C17H20FN7O3/c1-24-15(27)13-14(25(17(24)28)12-5-3-11(18)4-6-12)22-23-16(21-13)20-8-2-7-19-9-10-26/h3-6,19,26H,2,7-10H2,1H3,(H,20,21,23). The van der Waals surface area contributed by atoms with E-state index in [0.717, 1.165) is 11.0 Å². The van der Waals surface area contributed by atoms with Crippen LogP contribution in [0.3, 0.4) is 0 Å². The molecule has 3 aromatic rings. The van der Waals surface area contributed by atoms with Gasteiger partial charge in [-0.05, 0) is 37.2 Å². The number of nitrogens with zero attached hydrogens (tertiary/aromatic N) is 5. The first-order valence-electron chi connectivity index (χ1n) is 8.71. The van der Waals surface area contributed by atoms with Crippen molar-refractivity contribution >= 4 is 17.1 Å². The molecule has 3 N–H and O–H groups in total. The van der Waals surface area contributed by atoms with Crippen LogP contribution in [0, 0.1) is 5.82 Å². The van der Waals surface area contributed by atoms with Gasteiger partial charge in [-0.3, -0.25) is 9.36 Å². The highest BCUT2D eigenvalue weighted by Crippen LogP contribution is 2.12. The van der Waals surface area contributed by atoms with Crippen LogP contribution < -0.4 is 21.9 Å². The molecule has 0 saturated carbocycles. The number of hydrogen-bond acceptors (Lipinski definition) is 8. The second kappa shape index (κ2) is 8.67. The van der Waals surface area contributed by atoms with E-state index in [0.29, 0.717) is 25.3 Å². The second-order valence-corrected chi connectivity index (χ2v) is 6.02. The van der Waals surface area contributed by atoms with Crippen LogP contribution in [0.2, 0.25) is 0 Å². The molecule has 0 saturated heterocycles. The van der Waals surface area contributed by atoms with Gasteiger partial charge in [0, 0.05) is 20.1 Å². The molecule has 0 fully saturated rings. The van der Waals surface area contributed by atoms with Gasteiger partial charge in [0.2, 0.25) is 5.95 Å². The molecule has 2 aromatic heterocycles. The third-order valence-corrected chi connectivity index (χ3v) is 4.05. The molecule has 0 aliphatic heterocycles. The molecule has 0 amide bonds. The average molecular weight is 389 g/mol. The van der Waals surface area contributed by atoms with Crippen LogP contribution in [0.4, 0.5) is 10.3 Å². The minimum Gasteiger partial charge on any atom is -0.395 e. The summed E-state index contributed by atoms with van der Waals surface area (Å²) < 4.78 is 15.3. The lowest BCUT2D eigenvalue weighted by molar-refractivity contribution is 0.292. The first-order chi connectivity index (χ1) is 13.5. The van der Waals surface area contributed by atoms with Crippen molar-refractivity contribution in [3.8, 4) is 5.69 Å². The number of fused-ring (bicyclic) bond motifs is 1. The van der Waals surface area contributed by atoms with Gasteiger partial charge in [0.05, 0.1) is 12.3 Å². The number of aromatic nitrogens is 5. The molecule has 0 atom stereocenters. The molecule has 0 spiro atoms. The molecule has 0 radical (unpaired) electrons. The van der Waals surface area contributed by atoms with E-state index in [1.807, 2.05) is 0 Å². The van der Waals surface area contributed by atoms with E-state index >= 15 is 0 Å². The summed E-state index contributed by atoms with van der Waals surface area (Å²) in [4.78, 5) is 29.3.